The van der Waals surface area contributed by atoms with Gasteiger partial charge in [0.1, 0.15) is 0 Å². The number of benzene rings is 2. The second-order valence-electron chi connectivity index (χ2n) is 5.92. The largest absolute Gasteiger partial charge is 0.286 e. The molecule has 1 aliphatic heterocycles. The molecule has 2 atom stereocenters. The number of hydrogen-bond acceptors (Lipinski definition) is 2. The molecule has 1 amide bonds. The van der Waals surface area contributed by atoms with Crippen molar-refractivity contribution in [2.45, 2.75) is 25.2 Å². The van der Waals surface area contributed by atoms with Crippen molar-refractivity contribution in [2.24, 2.45) is 5.92 Å². The van der Waals surface area contributed by atoms with Gasteiger partial charge in [-0.15, -0.1) is 0 Å². The van der Waals surface area contributed by atoms with Crippen molar-refractivity contribution in [1.29, 1.82) is 0 Å². The highest BCUT2D eigenvalue weighted by Gasteiger charge is 2.40. The summed E-state index contributed by atoms with van der Waals surface area (Å²) in [4.78, 5) is 12.2. The van der Waals surface area contributed by atoms with E-state index < -0.39 is 0 Å². The van der Waals surface area contributed by atoms with Crippen molar-refractivity contribution >= 4 is 5.91 Å². The summed E-state index contributed by atoms with van der Waals surface area (Å²) in [7, 11) is 0. The number of hydrogen-bond donors (Lipinski definition) is 1. The fourth-order valence-corrected chi connectivity index (χ4v) is 3.30. The van der Waals surface area contributed by atoms with Gasteiger partial charge in [0.2, 0.25) is 5.91 Å². The molecule has 0 aromatic heterocycles. The third-order valence-electron chi connectivity index (χ3n) is 4.48. The summed E-state index contributed by atoms with van der Waals surface area (Å²) in [6.07, 6.45) is 2.74. The Morgan fingerprint density at radius 2 is 1.64 bits per heavy atom. The molecule has 1 fully saturated rings. The molecule has 0 radical (unpaired) electrons. The summed E-state index contributed by atoms with van der Waals surface area (Å²) in [6.45, 7) is 0.402. The molecule has 1 N–H and O–H groups in total. The minimum Gasteiger partial charge on any atom is -0.286 e. The van der Waals surface area contributed by atoms with Gasteiger partial charge in [-0.2, -0.15) is 0 Å². The van der Waals surface area contributed by atoms with E-state index in [9.17, 15) is 10.0 Å². The fourth-order valence-electron chi connectivity index (χ4n) is 3.30. The molecule has 114 valence electrons. The Balaban J connectivity index is 1.66. The number of amides is 1. The van der Waals surface area contributed by atoms with Crippen molar-refractivity contribution in [1.82, 2.24) is 5.06 Å². The average molecular weight is 295 g/mol. The lowest BCUT2D eigenvalue weighted by Crippen LogP contribution is -2.23. The number of nitrogens with zero attached hydrogens (tertiary/aromatic N) is 1. The van der Waals surface area contributed by atoms with Gasteiger partial charge in [0.05, 0.1) is 6.54 Å². The molecule has 1 aliphatic rings. The third kappa shape index (κ3) is 3.20. The predicted molar refractivity (Wildman–Crippen MR) is 85.6 cm³/mol. The van der Waals surface area contributed by atoms with Crippen LogP contribution in [0.25, 0.3) is 0 Å². The minimum atomic E-state index is -0.137. The average Bonchev–Trinajstić information content (AvgIpc) is 2.85. The van der Waals surface area contributed by atoms with Crippen molar-refractivity contribution in [3.8, 4) is 0 Å². The maximum atomic E-state index is 12.2. The summed E-state index contributed by atoms with van der Waals surface area (Å²) in [5, 5.41) is 10.7. The van der Waals surface area contributed by atoms with Gasteiger partial charge in [-0.05, 0) is 30.4 Å². The van der Waals surface area contributed by atoms with Gasteiger partial charge in [0, 0.05) is 11.8 Å². The highest BCUT2D eigenvalue weighted by atomic mass is 16.5. The van der Waals surface area contributed by atoms with Crippen molar-refractivity contribution in [3.63, 3.8) is 0 Å². The van der Waals surface area contributed by atoms with Crippen molar-refractivity contribution < 1.29 is 10.0 Å². The topological polar surface area (TPSA) is 40.5 Å². The van der Waals surface area contributed by atoms with Crippen LogP contribution < -0.4 is 0 Å². The summed E-state index contributed by atoms with van der Waals surface area (Å²) in [6, 6.07) is 20.4. The van der Waals surface area contributed by atoms with E-state index in [1.165, 1.54) is 5.56 Å². The second kappa shape index (κ2) is 6.75. The first kappa shape index (κ1) is 14.8. The van der Waals surface area contributed by atoms with Crippen molar-refractivity contribution in [2.75, 3.05) is 6.54 Å². The van der Waals surface area contributed by atoms with E-state index in [1.807, 2.05) is 48.5 Å². The van der Waals surface area contributed by atoms with Gasteiger partial charge in [0.25, 0.3) is 0 Å². The fraction of sp³-hybridized carbons (Fsp3) is 0.316. The minimum absolute atomic E-state index is 0.0921. The Hall–Kier alpha value is -2.13. The standard InChI is InChI=1S/C19H21NO2/c21-19-17(13-7-10-15-8-3-1-4-9-15)18(14-20(19)22)16-11-5-2-6-12-16/h1-6,8-9,11-12,17-18,22H,7,10,13-14H2/t17-,18+/m1/s1. The van der Waals surface area contributed by atoms with Gasteiger partial charge in [-0.1, -0.05) is 60.7 Å². The molecule has 0 saturated carbocycles. The van der Waals surface area contributed by atoms with Crippen LogP contribution in [0.4, 0.5) is 0 Å². The normalized spacial score (nSPS) is 21.3. The summed E-state index contributed by atoms with van der Waals surface area (Å²) in [5.74, 6) is -0.160. The number of hydroxylamine groups is 2. The van der Waals surface area contributed by atoms with E-state index >= 15 is 0 Å². The van der Waals surface area contributed by atoms with E-state index in [0.717, 1.165) is 29.9 Å². The van der Waals surface area contributed by atoms with E-state index in [4.69, 9.17) is 0 Å². The van der Waals surface area contributed by atoms with Crippen LogP contribution in [0, 0.1) is 5.92 Å². The van der Waals surface area contributed by atoms with Gasteiger partial charge in [-0.25, -0.2) is 5.06 Å². The lowest BCUT2D eigenvalue weighted by molar-refractivity contribution is -0.160. The third-order valence-corrected chi connectivity index (χ3v) is 4.48. The molecule has 1 saturated heterocycles. The zero-order chi connectivity index (χ0) is 15.4. The predicted octanol–water partition coefficient (Wildman–Crippen LogP) is 3.64. The summed E-state index contributed by atoms with van der Waals surface area (Å²) >= 11 is 0. The monoisotopic (exact) mass is 295 g/mol. The molecule has 22 heavy (non-hydrogen) atoms. The maximum Gasteiger partial charge on any atom is 0.249 e. The SMILES string of the molecule is O=C1[C@H](CCCc2ccccc2)[C@H](c2ccccc2)CN1O. The number of carbonyl (C=O) groups excluding carboxylic acids is 1. The van der Waals surface area contributed by atoms with Crippen molar-refractivity contribution in [3.05, 3.63) is 71.8 Å². The first-order valence-corrected chi connectivity index (χ1v) is 7.85. The number of aryl methyl sites for hydroxylation is 1. The molecule has 2 aromatic rings. The van der Waals surface area contributed by atoms with Crippen LogP contribution in [0.5, 0.6) is 0 Å². The first-order valence-electron chi connectivity index (χ1n) is 7.85. The van der Waals surface area contributed by atoms with Crippen LogP contribution >= 0.6 is 0 Å². The van der Waals surface area contributed by atoms with Crippen LogP contribution in [0.3, 0.4) is 0 Å². The van der Waals surface area contributed by atoms with Crippen LogP contribution in [-0.4, -0.2) is 22.7 Å². The van der Waals surface area contributed by atoms with E-state index in [-0.39, 0.29) is 17.7 Å². The Morgan fingerprint density at radius 1 is 1.00 bits per heavy atom. The Bertz CT molecular complexity index is 612. The molecule has 0 spiro atoms. The zero-order valence-electron chi connectivity index (χ0n) is 12.6. The second-order valence-corrected chi connectivity index (χ2v) is 5.92. The van der Waals surface area contributed by atoms with Crippen LogP contribution in [0.1, 0.15) is 29.9 Å². The lowest BCUT2D eigenvalue weighted by Gasteiger charge is -2.16. The van der Waals surface area contributed by atoms with Crippen LogP contribution in [0.15, 0.2) is 60.7 Å². The Kier molecular flexibility index (Phi) is 4.54. The Labute approximate surface area is 131 Å². The first-order chi connectivity index (χ1) is 10.8. The maximum absolute atomic E-state index is 12.2. The zero-order valence-corrected chi connectivity index (χ0v) is 12.6. The van der Waals surface area contributed by atoms with Crippen LogP contribution in [0.2, 0.25) is 0 Å². The molecule has 1 heterocycles. The molecule has 2 aromatic carbocycles. The number of carbonyl (C=O) groups is 1. The molecule has 3 heteroatoms. The summed E-state index contributed by atoms with van der Waals surface area (Å²) < 4.78 is 0. The van der Waals surface area contributed by atoms with Crippen LogP contribution in [-0.2, 0) is 11.2 Å². The molecule has 3 rings (SSSR count). The molecule has 3 nitrogen and oxygen atoms in total. The Morgan fingerprint density at radius 3 is 2.32 bits per heavy atom. The van der Waals surface area contributed by atoms with Gasteiger partial charge in [0.15, 0.2) is 0 Å². The van der Waals surface area contributed by atoms with Gasteiger partial charge in [-0.3, -0.25) is 10.0 Å². The smallest absolute Gasteiger partial charge is 0.249 e. The van der Waals surface area contributed by atoms with Gasteiger partial charge < -0.3 is 0 Å². The van der Waals surface area contributed by atoms with E-state index in [0.29, 0.717) is 6.54 Å². The quantitative estimate of drug-likeness (QED) is 0.856. The van der Waals surface area contributed by atoms with Gasteiger partial charge >= 0.3 is 0 Å². The molecule has 0 bridgehead atoms. The highest BCUT2D eigenvalue weighted by Crippen LogP contribution is 2.35. The molecule has 0 aliphatic carbocycles. The summed E-state index contributed by atoms with van der Waals surface area (Å²) in [5.41, 5.74) is 2.43. The van der Waals surface area contributed by atoms with E-state index in [1.54, 1.807) is 0 Å². The lowest BCUT2D eigenvalue weighted by atomic mass is 9.85. The molecular formula is C19H21NO2. The van der Waals surface area contributed by atoms with E-state index in [2.05, 4.69) is 12.1 Å². The molecule has 0 unspecified atom stereocenters. The molecular weight excluding hydrogens is 274 g/mol. The number of rotatable bonds is 5. The highest BCUT2D eigenvalue weighted by molar-refractivity contribution is 5.81.